The minimum Gasteiger partial charge on any atom is -0.494 e. The van der Waals surface area contributed by atoms with E-state index in [2.05, 4.69) is 23.3 Å². The molecular formula is C25H24O5. The van der Waals surface area contributed by atoms with Crippen molar-refractivity contribution in [1.82, 2.24) is 0 Å². The summed E-state index contributed by atoms with van der Waals surface area (Å²) in [6.07, 6.45) is 2.87. The number of esters is 1. The van der Waals surface area contributed by atoms with Gasteiger partial charge in [0.1, 0.15) is 11.5 Å². The molecule has 5 heteroatoms. The maximum absolute atomic E-state index is 12.5. The van der Waals surface area contributed by atoms with Gasteiger partial charge < -0.3 is 14.4 Å². The van der Waals surface area contributed by atoms with Crippen LogP contribution in [0.5, 0.6) is 11.5 Å². The number of carbonyl (C=O) groups is 1. The van der Waals surface area contributed by atoms with Gasteiger partial charge in [-0.25, -0.2) is 4.79 Å². The van der Waals surface area contributed by atoms with Crippen molar-refractivity contribution >= 4 is 16.7 Å². The first-order valence-electron chi connectivity index (χ1n) is 9.74. The van der Waals surface area contributed by atoms with Gasteiger partial charge in [0.2, 0.25) is 0 Å². The number of hydrogen-bond donors (Lipinski definition) is 0. The second-order valence-corrected chi connectivity index (χ2v) is 6.72. The number of carbonyl (C=O) groups excluding carboxylic acids is 1. The summed E-state index contributed by atoms with van der Waals surface area (Å²) in [7, 11) is 0. The van der Waals surface area contributed by atoms with E-state index in [1.54, 1.807) is 30.3 Å². The van der Waals surface area contributed by atoms with Crippen molar-refractivity contribution in [3.05, 3.63) is 90.4 Å². The summed E-state index contributed by atoms with van der Waals surface area (Å²) in [4.78, 5) is 22.0. The van der Waals surface area contributed by atoms with Crippen LogP contribution in [0.4, 0.5) is 0 Å². The minimum absolute atomic E-state index is 0.389. The second-order valence-electron chi connectivity index (χ2n) is 6.72. The normalized spacial score (nSPS) is 10.3. The fourth-order valence-electron chi connectivity index (χ4n) is 2.83. The highest BCUT2D eigenvalue weighted by molar-refractivity contribution is 5.96. The molecule has 3 aromatic carbocycles. The molecule has 0 saturated heterocycles. The van der Waals surface area contributed by atoms with E-state index < -0.39 is 0 Å². The molecule has 0 N–H and O–H groups in total. The highest BCUT2D eigenvalue weighted by atomic mass is 17.2. The van der Waals surface area contributed by atoms with Crippen molar-refractivity contribution < 1.29 is 24.0 Å². The number of rotatable bonds is 10. The van der Waals surface area contributed by atoms with Crippen LogP contribution in [0, 0.1) is 6.92 Å². The lowest BCUT2D eigenvalue weighted by molar-refractivity contribution is -0.249. The lowest BCUT2D eigenvalue weighted by Gasteiger charge is -2.08. The topological polar surface area (TPSA) is 54.0 Å². The quantitative estimate of drug-likeness (QED) is 0.0816. The van der Waals surface area contributed by atoms with Gasteiger partial charge in [0.05, 0.1) is 18.8 Å². The Kier molecular flexibility index (Phi) is 7.67. The van der Waals surface area contributed by atoms with Crippen LogP contribution in [-0.4, -0.2) is 19.2 Å². The molecule has 5 nitrogen and oxygen atoms in total. The van der Waals surface area contributed by atoms with Crippen molar-refractivity contribution in [3.8, 4) is 11.5 Å². The molecule has 30 heavy (non-hydrogen) atoms. The molecule has 0 heterocycles. The highest BCUT2D eigenvalue weighted by Gasteiger charge is 2.10. The van der Waals surface area contributed by atoms with Crippen LogP contribution in [0.1, 0.15) is 28.8 Å². The number of ether oxygens (including phenoxy) is 2. The van der Waals surface area contributed by atoms with E-state index in [0.717, 1.165) is 23.6 Å². The molecule has 0 fully saturated rings. The lowest BCUT2D eigenvalue weighted by atomic mass is 10.0. The van der Waals surface area contributed by atoms with Gasteiger partial charge in [0.25, 0.3) is 0 Å². The van der Waals surface area contributed by atoms with Crippen LogP contribution in [0.3, 0.4) is 0 Å². The Morgan fingerprint density at radius 1 is 0.933 bits per heavy atom. The molecule has 0 aliphatic heterocycles. The van der Waals surface area contributed by atoms with E-state index in [0.29, 0.717) is 30.3 Å². The molecule has 0 aliphatic rings. The van der Waals surface area contributed by atoms with Crippen molar-refractivity contribution in [2.24, 2.45) is 0 Å². The van der Waals surface area contributed by atoms with Gasteiger partial charge in [-0.05, 0) is 66.9 Å². The fraction of sp³-hybridized carbons (Fsp3) is 0.200. The van der Waals surface area contributed by atoms with Crippen molar-refractivity contribution in [3.63, 3.8) is 0 Å². The second kappa shape index (κ2) is 10.9. The van der Waals surface area contributed by atoms with Gasteiger partial charge in [-0.15, -0.1) is 0 Å². The van der Waals surface area contributed by atoms with Crippen molar-refractivity contribution in [2.45, 2.75) is 19.8 Å². The van der Waals surface area contributed by atoms with Gasteiger partial charge in [0.15, 0.2) is 6.26 Å². The van der Waals surface area contributed by atoms with E-state index >= 15 is 0 Å². The van der Waals surface area contributed by atoms with E-state index in [1.807, 2.05) is 31.2 Å². The summed E-state index contributed by atoms with van der Waals surface area (Å²) < 4.78 is 11.1. The maximum atomic E-state index is 12.5. The predicted molar refractivity (Wildman–Crippen MR) is 116 cm³/mol. The summed E-state index contributed by atoms with van der Waals surface area (Å²) >= 11 is 0. The third-order valence-electron chi connectivity index (χ3n) is 4.36. The van der Waals surface area contributed by atoms with Gasteiger partial charge in [0, 0.05) is 0 Å². The molecule has 0 bridgehead atoms. The van der Waals surface area contributed by atoms with Crippen molar-refractivity contribution in [2.75, 3.05) is 13.2 Å². The molecule has 0 aliphatic carbocycles. The monoisotopic (exact) mass is 404 g/mol. The minimum atomic E-state index is -0.389. The zero-order chi connectivity index (χ0) is 21.2. The third-order valence-corrected chi connectivity index (χ3v) is 4.36. The highest BCUT2D eigenvalue weighted by Crippen LogP contribution is 2.21. The molecule has 0 unspecified atom stereocenters. The Morgan fingerprint density at radius 3 is 2.43 bits per heavy atom. The van der Waals surface area contributed by atoms with Crippen molar-refractivity contribution in [1.29, 1.82) is 0 Å². The maximum Gasteiger partial charge on any atom is 0.343 e. The molecule has 0 atom stereocenters. The molecule has 0 aromatic heterocycles. The zero-order valence-electron chi connectivity index (χ0n) is 16.9. The number of hydrogen-bond acceptors (Lipinski definition) is 5. The Morgan fingerprint density at radius 2 is 1.63 bits per heavy atom. The SMILES string of the molecule is C=C=COOCCCCOc1ccc(OC(=O)c2ccc3cc(C)ccc3c2)cc1. The average Bonchev–Trinajstić information content (AvgIpc) is 2.76. The van der Waals surface area contributed by atoms with Gasteiger partial charge in [-0.2, -0.15) is 4.89 Å². The average molecular weight is 404 g/mol. The molecule has 0 amide bonds. The Hall–Kier alpha value is -3.53. The van der Waals surface area contributed by atoms with Gasteiger partial charge >= 0.3 is 5.97 Å². The first-order valence-corrected chi connectivity index (χ1v) is 9.74. The summed E-state index contributed by atoms with van der Waals surface area (Å²) in [6.45, 7) is 6.42. The zero-order valence-corrected chi connectivity index (χ0v) is 16.9. The largest absolute Gasteiger partial charge is 0.494 e. The molecule has 154 valence electrons. The van der Waals surface area contributed by atoms with Crippen LogP contribution >= 0.6 is 0 Å². The van der Waals surface area contributed by atoms with Crippen LogP contribution < -0.4 is 9.47 Å². The van der Waals surface area contributed by atoms with Gasteiger partial charge in [-0.3, -0.25) is 0 Å². The van der Waals surface area contributed by atoms with Crippen LogP contribution in [0.15, 0.2) is 79.2 Å². The third kappa shape index (κ3) is 6.24. The first-order chi connectivity index (χ1) is 14.7. The molecule has 0 spiro atoms. The summed E-state index contributed by atoms with van der Waals surface area (Å²) in [5.74, 6) is 0.791. The van der Waals surface area contributed by atoms with Crippen LogP contribution in [-0.2, 0) is 9.78 Å². The summed E-state index contributed by atoms with van der Waals surface area (Å²) in [6, 6.07) is 18.7. The van der Waals surface area contributed by atoms with E-state index in [1.165, 1.54) is 11.8 Å². The number of unbranched alkanes of at least 4 members (excludes halogenated alkanes) is 1. The Balaban J connectivity index is 1.46. The Bertz CT molecular complexity index is 1030. The number of benzene rings is 3. The van der Waals surface area contributed by atoms with Gasteiger partial charge in [-0.1, -0.05) is 42.1 Å². The van der Waals surface area contributed by atoms with E-state index in [9.17, 15) is 4.79 Å². The van der Waals surface area contributed by atoms with E-state index in [-0.39, 0.29) is 5.97 Å². The molecule has 3 rings (SSSR count). The molecule has 0 saturated carbocycles. The molecular weight excluding hydrogens is 380 g/mol. The first kappa shape index (κ1) is 21.2. The summed E-state index contributed by atoms with van der Waals surface area (Å²) in [5, 5.41) is 2.11. The number of aryl methyl sites for hydroxylation is 1. The summed E-state index contributed by atoms with van der Waals surface area (Å²) in [5.41, 5.74) is 4.15. The molecule has 0 radical (unpaired) electrons. The standard InChI is InChI=1S/C25H24O5/c1-3-14-28-29-16-5-4-15-27-23-10-12-24(13-11-23)30-25(26)22-9-8-20-17-19(2)6-7-21(20)18-22/h6-14,17-18H,1,4-5,15-16H2,2H3. The predicted octanol–water partition coefficient (Wildman–Crippen LogP) is 5.77. The van der Waals surface area contributed by atoms with Crippen LogP contribution in [0.25, 0.3) is 10.8 Å². The van der Waals surface area contributed by atoms with Crippen LogP contribution in [0.2, 0.25) is 0 Å². The number of fused-ring (bicyclic) bond motifs is 1. The fourth-order valence-corrected chi connectivity index (χ4v) is 2.83. The molecule has 3 aromatic rings. The van der Waals surface area contributed by atoms with E-state index in [4.69, 9.17) is 14.4 Å². The lowest BCUT2D eigenvalue weighted by Crippen LogP contribution is -2.08. The Labute approximate surface area is 176 Å². The smallest absolute Gasteiger partial charge is 0.343 e.